The number of unbranched alkanes of at least 4 members (excludes halogenated alkanes) is 12. The van der Waals surface area contributed by atoms with Crippen LogP contribution in [0, 0.1) is 0 Å². The van der Waals surface area contributed by atoms with Crippen molar-refractivity contribution in [3.05, 3.63) is 85.1 Å². The van der Waals surface area contributed by atoms with E-state index in [0.29, 0.717) is 12.8 Å². The zero-order valence-electron chi connectivity index (χ0n) is 35.0. The maximum atomic E-state index is 12.8. The van der Waals surface area contributed by atoms with E-state index in [2.05, 4.69) is 68.5 Å². The maximum absolute atomic E-state index is 12.8. The summed E-state index contributed by atoms with van der Waals surface area (Å²) in [5.74, 6) is -0.869. The van der Waals surface area contributed by atoms with Gasteiger partial charge < -0.3 is 39.4 Å². The highest BCUT2D eigenvalue weighted by Crippen LogP contribution is 2.22. The first-order valence-corrected chi connectivity index (χ1v) is 21.7. The van der Waals surface area contributed by atoms with E-state index in [1.165, 1.54) is 25.7 Å². The number of esters is 2. The second kappa shape index (κ2) is 37.2. The normalized spacial score (nSPS) is 21.1. The summed E-state index contributed by atoms with van der Waals surface area (Å²) >= 11 is 0. The van der Waals surface area contributed by atoms with Crippen LogP contribution >= 0.6 is 0 Å². The first-order chi connectivity index (χ1) is 27.8. The quantitative estimate of drug-likeness (QED) is 0.0215. The Morgan fingerprint density at radius 1 is 0.579 bits per heavy atom. The summed E-state index contributed by atoms with van der Waals surface area (Å²) in [5.41, 5.74) is 0. The fourth-order valence-electron chi connectivity index (χ4n) is 5.91. The second-order valence-electron chi connectivity index (χ2n) is 14.5. The molecule has 1 aliphatic heterocycles. The molecule has 2 unspecified atom stereocenters. The molecule has 1 rings (SSSR count). The molecule has 4 N–H and O–H groups in total. The molecule has 324 valence electrons. The molecule has 10 nitrogen and oxygen atoms in total. The highest BCUT2D eigenvalue weighted by atomic mass is 16.7. The van der Waals surface area contributed by atoms with Crippen molar-refractivity contribution in [3.63, 3.8) is 0 Å². The monoisotopic (exact) mass is 801 g/mol. The van der Waals surface area contributed by atoms with Gasteiger partial charge in [0.15, 0.2) is 12.4 Å². The topological polar surface area (TPSA) is 152 Å². The van der Waals surface area contributed by atoms with Crippen LogP contribution in [0.15, 0.2) is 85.1 Å². The van der Waals surface area contributed by atoms with Crippen molar-refractivity contribution in [1.82, 2.24) is 0 Å². The predicted octanol–water partition coefficient (Wildman–Crippen LogP) is 8.99. The Balaban J connectivity index is 2.40. The molecule has 57 heavy (non-hydrogen) atoms. The van der Waals surface area contributed by atoms with E-state index in [-0.39, 0.29) is 26.1 Å². The average Bonchev–Trinajstić information content (AvgIpc) is 3.21. The lowest BCUT2D eigenvalue weighted by atomic mass is 9.99. The Bertz CT molecular complexity index is 1200. The molecule has 0 aromatic carbocycles. The van der Waals surface area contributed by atoms with Crippen LogP contribution in [0.2, 0.25) is 0 Å². The van der Waals surface area contributed by atoms with Crippen LogP contribution in [0.3, 0.4) is 0 Å². The summed E-state index contributed by atoms with van der Waals surface area (Å²) in [4.78, 5) is 25.3. The number of aliphatic hydroxyl groups is 4. The molecule has 0 aromatic heterocycles. The summed E-state index contributed by atoms with van der Waals surface area (Å²) in [6.45, 7) is 3.18. The van der Waals surface area contributed by atoms with Crippen LogP contribution in [-0.4, -0.2) is 89.0 Å². The third kappa shape index (κ3) is 28.9. The number of carbonyl (C=O) groups excluding carboxylic acids is 2. The van der Waals surface area contributed by atoms with E-state index in [9.17, 15) is 30.0 Å². The number of aliphatic hydroxyl groups excluding tert-OH is 4. The molecule has 0 aromatic rings. The number of ether oxygens (including phenoxy) is 4. The van der Waals surface area contributed by atoms with Gasteiger partial charge in [-0.2, -0.15) is 0 Å². The van der Waals surface area contributed by atoms with E-state index in [0.717, 1.165) is 77.0 Å². The summed E-state index contributed by atoms with van der Waals surface area (Å²) in [6, 6.07) is 0. The largest absolute Gasteiger partial charge is 0.462 e. The standard InChI is InChI=1S/C47H76O10/c1-3-5-7-9-11-13-15-17-19-20-22-24-26-28-30-32-34-36-43(50)56-40(39-55-47-46(53)45(52)44(51)41(37-48)57-47)38-54-42(49)35-33-31-29-27-25-23-21-18-16-14-12-10-8-6-4-2/h6,8,10-14,16-19,21-22,24,40-41,44-48,51-53H,3-5,7,9,15,20,23,25-39H2,1-2H3/b8-6+,12-10+,13-11+,16-14+,19-17+,21-18+,24-22+/t40-,41-,44+,45?,46?,47-/m1/s1. The Morgan fingerprint density at radius 3 is 1.72 bits per heavy atom. The van der Waals surface area contributed by atoms with Gasteiger partial charge in [0.25, 0.3) is 0 Å². The molecule has 0 bridgehead atoms. The first kappa shape index (κ1) is 51.9. The fraction of sp³-hybridized carbons (Fsp3) is 0.660. The molecule has 6 atom stereocenters. The van der Waals surface area contributed by atoms with Crippen LogP contribution in [-0.2, 0) is 28.5 Å². The summed E-state index contributed by atoms with van der Waals surface area (Å²) in [6.07, 6.45) is 40.1. The van der Waals surface area contributed by atoms with Gasteiger partial charge in [-0.05, 0) is 70.6 Å². The molecule has 0 amide bonds. The van der Waals surface area contributed by atoms with E-state index >= 15 is 0 Å². The number of rotatable bonds is 34. The third-order valence-electron chi connectivity index (χ3n) is 9.36. The fourth-order valence-corrected chi connectivity index (χ4v) is 5.91. The Kier molecular flexibility index (Phi) is 33.8. The van der Waals surface area contributed by atoms with Gasteiger partial charge in [-0.25, -0.2) is 0 Å². The Morgan fingerprint density at radius 2 is 1.11 bits per heavy atom. The minimum atomic E-state index is -1.61. The zero-order chi connectivity index (χ0) is 41.6. The van der Waals surface area contributed by atoms with Crippen LogP contribution in [0.4, 0.5) is 0 Å². The summed E-state index contributed by atoms with van der Waals surface area (Å²) in [7, 11) is 0. The molecular formula is C47H76O10. The van der Waals surface area contributed by atoms with Crippen molar-refractivity contribution in [1.29, 1.82) is 0 Å². The van der Waals surface area contributed by atoms with Gasteiger partial charge in [-0.15, -0.1) is 0 Å². The lowest BCUT2D eigenvalue weighted by Gasteiger charge is -2.39. The molecule has 1 fully saturated rings. The maximum Gasteiger partial charge on any atom is 0.306 e. The van der Waals surface area contributed by atoms with Crippen molar-refractivity contribution in [2.45, 2.75) is 179 Å². The minimum Gasteiger partial charge on any atom is -0.462 e. The van der Waals surface area contributed by atoms with E-state index in [1.807, 2.05) is 30.4 Å². The van der Waals surface area contributed by atoms with Crippen LogP contribution in [0.5, 0.6) is 0 Å². The molecule has 0 aliphatic carbocycles. The van der Waals surface area contributed by atoms with Gasteiger partial charge in [0.2, 0.25) is 0 Å². The smallest absolute Gasteiger partial charge is 0.306 e. The molecule has 0 saturated carbocycles. The van der Waals surface area contributed by atoms with E-state index in [4.69, 9.17) is 18.9 Å². The molecular weight excluding hydrogens is 725 g/mol. The first-order valence-electron chi connectivity index (χ1n) is 21.7. The second-order valence-corrected chi connectivity index (χ2v) is 14.5. The number of hydrogen-bond donors (Lipinski definition) is 4. The van der Waals surface area contributed by atoms with E-state index < -0.39 is 55.4 Å². The molecule has 0 spiro atoms. The number of hydrogen-bond acceptors (Lipinski definition) is 10. The van der Waals surface area contributed by atoms with Gasteiger partial charge in [-0.3, -0.25) is 9.59 Å². The van der Waals surface area contributed by atoms with E-state index in [1.54, 1.807) is 0 Å². The van der Waals surface area contributed by atoms with Gasteiger partial charge in [-0.1, -0.05) is 144 Å². The number of allylic oxidation sites excluding steroid dienone is 14. The molecule has 0 radical (unpaired) electrons. The van der Waals surface area contributed by atoms with Crippen molar-refractivity contribution in [2.24, 2.45) is 0 Å². The number of carbonyl (C=O) groups is 2. The van der Waals surface area contributed by atoms with Crippen LogP contribution in [0.1, 0.15) is 142 Å². The van der Waals surface area contributed by atoms with Crippen molar-refractivity contribution in [3.8, 4) is 0 Å². The Labute approximate surface area is 344 Å². The average molecular weight is 801 g/mol. The van der Waals surface area contributed by atoms with Crippen LogP contribution in [0.25, 0.3) is 0 Å². The zero-order valence-corrected chi connectivity index (χ0v) is 35.0. The predicted molar refractivity (Wildman–Crippen MR) is 228 cm³/mol. The molecule has 1 heterocycles. The SMILES string of the molecule is CC/C=C/C=C/C=C/C=C/CCCCCCCC(=O)OC[C@H](CO[C@@H]1O[C@H](CO)[C@H](O)C(O)C1O)OC(=O)CCCCCC/C=C/C/C=C/C/C=C/CCCCC. The van der Waals surface area contributed by atoms with Gasteiger partial charge in [0.05, 0.1) is 13.2 Å². The lowest BCUT2D eigenvalue weighted by molar-refractivity contribution is -0.305. The summed E-state index contributed by atoms with van der Waals surface area (Å²) < 4.78 is 22.1. The van der Waals surface area contributed by atoms with Gasteiger partial charge >= 0.3 is 11.9 Å². The third-order valence-corrected chi connectivity index (χ3v) is 9.36. The molecule has 1 saturated heterocycles. The van der Waals surface area contributed by atoms with Crippen LogP contribution < -0.4 is 0 Å². The summed E-state index contributed by atoms with van der Waals surface area (Å²) in [5, 5.41) is 40.0. The Hall–Kier alpha value is -3.12. The van der Waals surface area contributed by atoms with Crippen molar-refractivity contribution >= 4 is 11.9 Å². The molecule has 1 aliphatic rings. The minimum absolute atomic E-state index is 0.193. The van der Waals surface area contributed by atoms with Crippen molar-refractivity contribution in [2.75, 3.05) is 19.8 Å². The van der Waals surface area contributed by atoms with Gasteiger partial charge in [0, 0.05) is 12.8 Å². The van der Waals surface area contributed by atoms with Crippen molar-refractivity contribution < 1.29 is 49.0 Å². The molecule has 10 heteroatoms. The lowest BCUT2D eigenvalue weighted by Crippen LogP contribution is -2.59. The van der Waals surface area contributed by atoms with Gasteiger partial charge in [0.1, 0.15) is 31.0 Å². The highest BCUT2D eigenvalue weighted by Gasteiger charge is 2.44. The highest BCUT2D eigenvalue weighted by molar-refractivity contribution is 5.70.